The number of carbonyl (C=O) groups is 1. The van der Waals surface area contributed by atoms with Crippen LogP contribution in [0.4, 0.5) is 5.69 Å². The van der Waals surface area contributed by atoms with E-state index in [2.05, 4.69) is 10.0 Å². The van der Waals surface area contributed by atoms with Crippen LogP contribution in [0.5, 0.6) is 23.0 Å². The first-order valence-electron chi connectivity index (χ1n) is 12.0. The van der Waals surface area contributed by atoms with Crippen molar-refractivity contribution in [2.24, 2.45) is 0 Å². The number of halogens is 2. The lowest BCUT2D eigenvalue weighted by molar-refractivity contribution is 0.0955. The van der Waals surface area contributed by atoms with Gasteiger partial charge in [0.05, 0.1) is 35.4 Å². The molecule has 0 bridgehead atoms. The summed E-state index contributed by atoms with van der Waals surface area (Å²) in [5, 5.41) is 3.52. The Hall–Kier alpha value is -3.92. The van der Waals surface area contributed by atoms with E-state index in [4.69, 9.17) is 37.4 Å². The van der Waals surface area contributed by atoms with E-state index in [1.807, 2.05) is 12.1 Å². The molecule has 4 aromatic carbocycles. The van der Waals surface area contributed by atoms with Crippen molar-refractivity contribution >= 4 is 44.8 Å². The predicted molar refractivity (Wildman–Crippen MR) is 156 cm³/mol. The van der Waals surface area contributed by atoms with E-state index in [-0.39, 0.29) is 27.7 Å². The molecule has 0 radical (unpaired) electrons. The van der Waals surface area contributed by atoms with Gasteiger partial charge in [-0.3, -0.25) is 9.52 Å². The molecule has 11 heteroatoms. The quantitative estimate of drug-likeness (QED) is 0.202. The van der Waals surface area contributed by atoms with Crippen molar-refractivity contribution in [3.8, 4) is 23.0 Å². The van der Waals surface area contributed by atoms with E-state index in [0.717, 1.165) is 5.56 Å². The number of sulfonamides is 1. The summed E-state index contributed by atoms with van der Waals surface area (Å²) in [4.78, 5) is 13.0. The Labute approximate surface area is 242 Å². The lowest BCUT2D eigenvalue weighted by atomic mass is 10.1. The zero-order valence-corrected chi connectivity index (χ0v) is 23.9. The van der Waals surface area contributed by atoms with Crippen LogP contribution in [0, 0.1) is 0 Å². The highest BCUT2D eigenvalue weighted by molar-refractivity contribution is 7.92. The molecule has 0 aromatic heterocycles. The van der Waals surface area contributed by atoms with E-state index < -0.39 is 15.9 Å². The fraction of sp³-hybridized carbons (Fsp3) is 0.138. The summed E-state index contributed by atoms with van der Waals surface area (Å²) in [6, 6.07) is 22.6. The molecule has 4 aromatic rings. The maximum Gasteiger partial charge on any atom is 0.261 e. The molecule has 8 nitrogen and oxygen atoms in total. The summed E-state index contributed by atoms with van der Waals surface area (Å²) in [6.07, 6.45) is 0.455. The number of hydrogen-bond donors (Lipinski definition) is 2. The number of anilines is 1. The number of methoxy groups -OCH3 is 2. The number of hydrogen-bond acceptors (Lipinski definition) is 6. The van der Waals surface area contributed by atoms with Crippen molar-refractivity contribution in [2.75, 3.05) is 25.5 Å². The number of carbonyl (C=O) groups excluding carboxylic acids is 1. The van der Waals surface area contributed by atoms with E-state index >= 15 is 0 Å². The van der Waals surface area contributed by atoms with E-state index in [1.165, 1.54) is 42.5 Å². The third-order valence-electron chi connectivity index (χ3n) is 5.83. The van der Waals surface area contributed by atoms with Crippen LogP contribution in [-0.4, -0.2) is 35.1 Å². The molecule has 208 valence electrons. The van der Waals surface area contributed by atoms with Crippen LogP contribution in [0.2, 0.25) is 10.0 Å². The molecule has 0 aliphatic heterocycles. The second kappa shape index (κ2) is 13.0. The van der Waals surface area contributed by atoms with Crippen LogP contribution in [0.25, 0.3) is 0 Å². The highest BCUT2D eigenvalue weighted by Gasteiger charge is 2.20. The molecular formula is C29H26Cl2N2O6S. The molecule has 0 atom stereocenters. The summed E-state index contributed by atoms with van der Waals surface area (Å²) < 4.78 is 45.3. The van der Waals surface area contributed by atoms with Crippen molar-refractivity contribution in [1.82, 2.24) is 5.32 Å². The van der Waals surface area contributed by atoms with Crippen LogP contribution in [0.1, 0.15) is 15.9 Å². The van der Waals surface area contributed by atoms with Crippen molar-refractivity contribution < 1.29 is 27.4 Å². The van der Waals surface area contributed by atoms with Gasteiger partial charge in [-0.15, -0.1) is 0 Å². The van der Waals surface area contributed by atoms with E-state index in [9.17, 15) is 13.2 Å². The van der Waals surface area contributed by atoms with Gasteiger partial charge in [-0.25, -0.2) is 8.42 Å². The predicted octanol–water partition coefficient (Wildman–Crippen LogP) is 6.58. The topological polar surface area (TPSA) is 103 Å². The smallest absolute Gasteiger partial charge is 0.261 e. The number of nitrogens with one attached hydrogen (secondary N) is 2. The Bertz CT molecular complexity index is 1610. The largest absolute Gasteiger partial charge is 0.493 e. The van der Waals surface area contributed by atoms with Crippen LogP contribution in [0.3, 0.4) is 0 Å². The molecule has 0 spiro atoms. The van der Waals surface area contributed by atoms with Gasteiger partial charge in [-0.2, -0.15) is 0 Å². The summed E-state index contributed by atoms with van der Waals surface area (Å²) in [5.74, 6) is 1.52. The Kier molecular flexibility index (Phi) is 9.42. The van der Waals surface area contributed by atoms with E-state index in [1.54, 1.807) is 44.6 Å². The van der Waals surface area contributed by atoms with Gasteiger partial charge < -0.3 is 19.5 Å². The molecule has 1 amide bonds. The van der Waals surface area contributed by atoms with Gasteiger partial charge >= 0.3 is 0 Å². The highest BCUT2D eigenvalue weighted by Crippen LogP contribution is 2.32. The maximum atomic E-state index is 13.2. The SMILES string of the molecule is COc1cccc(CCNC(=O)c2cc(Cl)ccc2NS(=O)(=O)c2ccc(Oc3ccccc3Cl)cc2)c1OC. The molecule has 40 heavy (non-hydrogen) atoms. The molecule has 0 saturated heterocycles. The summed E-state index contributed by atoms with van der Waals surface area (Å²) in [5.41, 5.74) is 1.00. The fourth-order valence-corrected chi connectivity index (χ4v) is 5.32. The average molecular weight is 602 g/mol. The first-order chi connectivity index (χ1) is 19.2. The van der Waals surface area contributed by atoms with Gasteiger partial charge in [-0.05, 0) is 72.6 Å². The molecule has 0 aliphatic carbocycles. The van der Waals surface area contributed by atoms with Crippen LogP contribution < -0.4 is 24.2 Å². The molecule has 0 unspecified atom stereocenters. The molecule has 2 N–H and O–H groups in total. The fourth-order valence-electron chi connectivity index (χ4n) is 3.89. The van der Waals surface area contributed by atoms with Crippen LogP contribution in [-0.2, 0) is 16.4 Å². The minimum Gasteiger partial charge on any atom is -0.493 e. The second-order valence-corrected chi connectivity index (χ2v) is 11.0. The lowest BCUT2D eigenvalue weighted by Gasteiger charge is -2.15. The van der Waals surface area contributed by atoms with Crippen molar-refractivity contribution in [1.29, 1.82) is 0 Å². The molecule has 4 rings (SSSR count). The maximum absolute atomic E-state index is 13.2. The second-order valence-electron chi connectivity index (χ2n) is 8.46. The third-order valence-corrected chi connectivity index (χ3v) is 7.76. The highest BCUT2D eigenvalue weighted by atomic mass is 35.5. The first kappa shape index (κ1) is 29.1. The Morgan fingerprint density at radius 2 is 1.57 bits per heavy atom. The lowest BCUT2D eigenvalue weighted by Crippen LogP contribution is -2.27. The average Bonchev–Trinajstić information content (AvgIpc) is 2.95. The minimum atomic E-state index is -4.05. The summed E-state index contributed by atoms with van der Waals surface area (Å²) >= 11 is 12.3. The van der Waals surface area contributed by atoms with Gasteiger partial charge in [-0.1, -0.05) is 47.5 Å². The Balaban J connectivity index is 1.46. The number of rotatable bonds is 11. The third kappa shape index (κ3) is 6.98. The van der Waals surface area contributed by atoms with Gasteiger partial charge in [0.1, 0.15) is 11.5 Å². The summed E-state index contributed by atoms with van der Waals surface area (Å²) in [7, 11) is -0.950. The van der Waals surface area contributed by atoms with Crippen LogP contribution in [0.15, 0.2) is 89.8 Å². The Morgan fingerprint density at radius 3 is 2.27 bits per heavy atom. The molecule has 0 saturated carbocycles. The normalized spacial score (nSPS) is 11.0. The van der Waals surface area contributed by atoms with Gasteiger partial charge in [0, 0.05) is 11.6 Å². The standard InChI is InChI=1S/C29H26Cl2N2O6S/c1-37-27-9-5-6-19(28(27)38-2)16-17-32-29(34)23-18-20(30)10-15-25(23)33-40(35,36)22-13-11-21(12-14-22)39-26-8-4-3-7-24(26)31/h3-15,18,33H,16-17H2,1-2H3,(H,32,34). The molecule has 0 heterocycles. The number of benzene rings is 4. The Morgan fingerprint density at radius 1 is 0.850 bits per heavy atom. The minimum absolute atomic E-state index is 0.0227. The number of ether oxygens (including phenoxy) is 3. The van der Waals surface area contributed by atoms with Crippen LogP contribution >= 0.6 is 23.2 Å². The number of amides is 1. The zero-order chi connectivity index (χ0) is 28.7. The monoisotopic (exact) mass is 600 g/mol. The van der Waals surface area contributed by atoms with E-state index in [0.29, 0.717) is 34.4 Å². The molecule has 0 aliphatic rings. The van der Waals surface area contributed by atoms with Gasteiger partial charge in [0.15, 0.2) is 11.5 Å². The molecular weight excluding hydrogens is 575 g/mol. The number of para-hydroxylation sites is 2. The molecule has 0 fully saturated rings. The van der Waals surface area contributed by atoms with Crippen molar-refractivity contribution in [3.63, 3.8) is 0 Å². The van der Waals surface area contributed by atoms with Crippen molar-refractivity contribution in [2.45, 2.75) is 11.3 Å². The zero-order valence-electron chi connectivity index (χ0n) is 21.6. The van der Waals surface area contributed by atoms with Crippen molar-refractivity contribution in [3.05, 3.63) is 106 Å². The van der Waals surface area contributed by atoms with Gasteiger partial charge in [0.25, 0.3) is 15.9 Å². The van der Waals surface area contributed by atoms with Gasteiger partial charge in [0.2, 0.25) is 0 Å². The summed E-state index contributed by atoms with van der Waals surface area (Å²) in [6.45, 7) is 0.258. The first-order valence-corrected chi connectivity index (χ1v) is 14.3.